The van der Waals surface area contributed by atoms with Crippen molar-refractivity contribution in [3.63, 3.8) is 0 Å². The van der Waals surface area contributed by atoms with Gasteiger partial charge in [-0.3, -0.25) is 4.79 Å². The molecule has 0 radical (unpaired) electrons. The molecular weight excluding hydrogens is 381 g/mol. The van der Waals surface area contributed by atoms with Crippen LogP contribution in [0.4, 0.5) is 24.7 Å². The van der Waals surface area contributed by atoms with Crippen molar-refractivity contribution in [3.05, 3.63) is 42.2 Å². The van der Waals surface area contributed by atoms with E-state index >= 15 is 0 Å². The highest BCUT2D eigenvalue weighted by Gasteiger charge is 2.30. The molecule has 1 saturated heterocycles. The van der Waals surface area contributed by atoms with Gasteiger partial charge in [-0.15, -0.1) is 0 Å². The molecule has 10 heteroatoms. The number of nitrogens with zero attached hydrogens (tertiary/aromatic N) is 3. The minimum absolute atomic E-state index is 0.0313. The third-order valence-electron chi connectivity index (χ3n) is 3.78. The number of amides is 1. The van der Waals surface area contributed by atoms with Crippen LogP contribution < -0.4 is 10.2 Å². The standard InChI is InChI=1S/C17H17F3N4O2S/c18-17(19,20)12-1-4-16(22-9-12)27-11-15(25)23-13-2-3-14(21-10-13)24-5-7-26-8-6-24/h1-4,9-10H,5-8,11H2,(H,23,25). The van der Waals surface area contributed by atoms with E-state index in [1.807, 2.05) is 6.07 Å². The van der Waals surface area contributed by atoms with Crippen molar-refractivity contribution in [3.8, 4) is 0 Å². The topological polar surface area (TPSA) is 67.4 Å². The van der Waals surface area contributed by atoms with Crippen molar-refractivity contribution in [2.45, 2.75) is 11.2 Å². The Morgan fingerprint density at radius 1 is 1.15 bits per heavy atom. The fraction of sp³-hybridized carbons (Fsp3) is 0.353. The predicted octanol–water partition coefficient (Wildman–Crippen LogP) is 3.06. The first-order valence-corrected chi connectivity index (χ1v) is 9.15. The quantitative estimate of drug-likeness (QED) is 0.781. The maximum atomic E-state index is 12.5. The third kappa shape index (κ3) is 5.57. The van der Waals surface area contributed by atoms with Gasteiger partial charge in [0.25, 0.3) is 0 Å². The number of thioether (sulfide) groups is 1. The molecule has 0 aromatic carbocycles. The molecule has 1 N–H and O–H groups in total. The van der Waals surface area contributed by atoms with Crippen LogP contribution in [0.15, 0.2) is 41.7 Å². The van der Waals surface area contributed by atoms with E-state index in [4.69, 9.17) is 4.74 Å². The number of ether oxygens (including phenoxy) is 1. The summed E-state index contributed by atoms with van der Waals surface area (Å²) in [5.74, 6) is 0.561. The fourth-order valence-corrected chi connectivity index (χ4v) is 3.05. The van der Waals surface area contributed by atoms with Crippen molar-refractivity contribution < 1.29 is 22.7 Å². The predicted molar refractivity (Wildman–Crippen MR) is 95.9 cm³/mol. The normalized spacial score (nSPS) is 14.9. The summed E-state index contributed by atoms with van der Waals surface area (Å²) < 4.78 is 42.8. The molecule has 2 aromatic heterocycles. The molecule has 6 nitrogen and oxygen atoms in total. The van der Waals surface area contributed by atoms with Gasteiger partial charge in [-0.2, -0.15) is 13.2 Å². The zero-order valence-corrected chi connectivity index (χ0v) is 15.0. The van der Waals surface area contributed by atoms with Crippen LogP contribution in [0.2, 0.25) is 0 Å². The molecule has 0 spiro atoms. The SMILES string of the molecule is O=C(CSc1ccc(C(F)(F)F)cn1)Nc1ccc(N2CCOCC2)nc1. The number of carbonyl (C=O) groups is 1. The van der Waals surface area contributed by atoms with Crippen molar-refractivity contribution in [1.29, 1.82) is 0 Å². The lowest BCUT2D eigenvalue weighted by Gasteiger charge is -2.27. The minimum atomic E-state index is -4.42. The molecular formula is C17H17F3N4O2S. The van der Waals surface area contributed by atoms with E-state index < -0.39 is 11.7 Å². The van der Waals surface area contributed by atoms with Gasteiger partial charge in [0.05, 0.1) is 41.4 Å². The van der Waals surface area contributed by atoms with Crippen molar-refractivity contribution in [2.75, 3.05) is 42.3 Å². The second kappa shape index (κ2) is 8.57. The number of hydrogen-bond donors (Lipinski definition) is 1. The van der Waals surface area contributed by atoms with Gasteiger partial charge < -0.3 is 15.0 Å². The van der Waals surface area contributed by atoms with Crippen LogP contribution in [0.3, 0.4) is 0 Å². The number of rotatable bonds is 5. The molecule has 0 saturated carbocycles. The molecule has 144 valence electrons. The highest BCUT2D eigenvalue weighted by atomic mass is 32.2. The zero-order chi connectivity index (χ0) is 19.3. The van der Waals surface area contributed by atoms with E-state index in [9.17, 15) is 18.0 Å². The Bertz CT molecular complexity index is 763. The van der Waals surface area contributed by atoms with E-state index in [0.717, 1.165) is 42.9 Å². The number of alkyl halides is 3. The Labute approximate surface area is 158 Å². The van der Waals surface area contributed by atoms with Gasteiger partial charge in [0, 0.05) is 19.3 Å². The lowest BCUT2D eigenvalue weighted by Crippen LogP contribution is -2.36. The summed E-state index contributed by atoms with van der Waals surface area (Å²) in [6.45, 7) is 2.87. The molecule has 0 unspecified atom stereocenters. The van der Waals surface area contributed by atoms with Gasteiger partial charge in [-0.25, -0.2) is 9.97 Å². The van der Waals surface area contributed by atoms with Crippen molar-refractivity contribution in [1.82, 2.24) is 9.97 Å². The van der Waals surface area contributed by atoms with Crippen LogP contribution in [0.1, 0.15) is 5.56 Å². The summed E-state index contributed by atoms with van der Waals surface area (Å²) in [6, 6.07) is 5.78. The van der Waals surface area contributed by atoms with Crippen molar-refractivity contribution in [2.24, 2.45) is 0 Å². The molecule has 1 amide bonds. The van der Waals surface area contributed by atoms with Gasteiger partial charge in [0.2, 0.25) is 5.91 Å². The Balaban J connectivity index is 1.49. The molecule has 1 aliphatic rings. The zero-order valence-electron chi connectivity index (χ0n) is 14.2. The second-order valence-electron chi connectivity index (χ2n) is 5.72. The smallest absolute Gasteiger partial charge is 0.378 e. The largest absolute Gasteiger partial charge is 0.417 e. The van der Waals surface area contributed by atoms with E-state index in [1.165, 1.54) is 6.07 Å². The first-order valence-electron chi connectivity index (χ1n) is 8.16. The maximum Gasteiger partial charge on any atom is 0.417 e. The van der Waals surface area contributed by atoms with E-state index in [2.05, 4.69) is 20.2 Å². The van der Waals surface area contributed by atoms with E-state index in [1.54, 1.807) is 12.3 Å². The van der Waals surface area contributed by atoms with Gasteiger partial charge in [0.15, 0.2) is 0 Å². The summed E-state index contributed by atoms with van der Waals surface area (Å²) in [6.07, 6.45) is -2.09. The lowest BCUT2D eigenvalue weighted by atomic mass is 10.3. The molecule has 3 rings (SSSR count). The molecule has 3 heterocycles. The lowest BCUT2D eigenvalue weighted by molar-refractivity contribution is -0.137. The van der Waals surface area contributed by atoms with Crippen LogP contribution in [-0.4, -0.2) is 47.9 Å². The maximum absolute atomic E-state index is 12.5. The number of nitrogens with one attached hydrogen (secondary N) is 1. The van der Waals surface area contributed by atoms with E-state index in [-0.39, 0.29) is 11.7 Å². The number of aromatic nitrogens is 2. The second-order valence-corrected chi connectivity index (χ2v) is 6.72. The summed E-state index contributed by atoms with van der Waals surface area (Å²) in [7, 11) is 0. The first kappa shape index (κ1) is 19.4. The van der Waals surface area contributed by atoms with E-state index in [0.29, 0.717) is 23.9 Å². The summed E-state index contributed by atoms with van der Waals surface area (Å²) in [5.41, 5.74) is -0.263. The fourth-order valence-electron chi connectivity index (χ4n) is 2.41. The number of carbonyl (C=O) groups excluding carboxylic acids is 1. The molecule has 27 heavy (non-hydrogen) atoms. The Hall–Kier alpha value is -2.33. The summed E-state index contributed by atoms with van der Waals surface area (Å²) >= 11 is 1.06. The Morgan fingerprint density at radius 2 is 1.93 bits per heavy atom. The summed E-state index contributed by atoms with van der Waals surface area (Å²) in [4.78, 5) is 22.2. The first-order chi connectivity index (χ1) is 12.9. The average Bonchev–Trinajstić information content (AvgIpc) is 2.67. The van der Waals surface area contributed by atoms with Crippen LogP contribution in [-0.2, 0) is 15.7 Å². The van der Waals surface area contributed by atoms with Gasteiger partial charge in [-0.05, 0) is 24.3 Å². The number of pyridine rings is 2. The number of morpholine rings is 1. The molecule has 0 atom stereocenters. The molecule has 0 bridgehead atoms. The Kier molecular flexibility index (Phi) is 6.17. The van der Waals surface area contributed by atoms with Crippen LogP contribution >= 0.6 is 11.8 Å². The monoisotopic (exact) mass is 398 g/mol. The number of halogens is 3. The number of hydrogen-bond acceptors (Lipinski definition) is 6. The van der Waals surface area contributed by atoms with Gasteiger partial charge >= 0.3 is 6.18 Å². The van der Waals surface area contributed by atoms with Gasteiger partial charge in [-0.1, -0.05) is 11.8 Å². The Morgan fingerprint density at radius 3 is 2.52 bits per heavy atom. The van der Waals surface area contributed by atoms with Crippen LogP contribution in [0.25, 0.3) is 0 Å². The van der Waals surface area contributed by atoms with Crippen molar-refractivity contribution >= 4 is 29.2 Å². The highest BCUT2D eigenvalue weighted by Crippen LogP contribution is 2.29. The number of anilines is 2. The third-order valence-corrected chi connectivity index (χ3v) is 4.73. The summed E-state index contributed by atoms with van der Waals surface area (Å²) in [5, 5.41) is 3.05. The minimum Gasteiger partial charge on any atom is -0.378 e. The average molecular weight is 398 g/mol. The molecule has 0 aliphatic carbocycles. The van der Waals surface area contributed by atoms with Gasteiger partial charge in [0.1, 0.15) is 5.82 Å². The van der Waals surface area contributed by atoms with Crippen LogP contribution in [0, 0.1) is 0 Å². The molecule has 1 fully saturated rings. The molecule has 1 aliphatic heterocycles. The highest BCUT2D eigenvalue weighted by molar-refractivity contribution is 7.99. The van der Waals surface area contributed by atoms with Crippen LogP contribution in [0.5, 0.6) is 0 Å². The molecule has 2 aromatic rings.